The third-order valence-electron chi connectivity index (χ3n) is 4.92. The highest BCUT2D eigenvalue weighted by atomic mass is 16.5. The van der Waals surface area contributed by atoms with Crippen molar-refractivity contribution >= 4 is 16.9 Å². The van der Waals surface area contributed by atoms with Crippen LogP contribution in [0.1, 0.15) is 11.1 Å². The first-order valence-corrected chi connectivity index (χ1v) is 9.66. The Bertz CT molecular complexity index is 1170. The van der Waals surface area contributed by atoms with Crippen LogP contribution in [0.3, 0.4) is 0 Å². The Balaban J connectivity index is 1.76. The molecule has 0 saturated heterocycles. The zero-order valence-electron chi connectivity index (χ0n) is 17.2. The minimum absolute atomic E-state index is 0.533. The molecule has 0 atom stereocenters. The lowest BCUT2D eigenvalue weighted by molar-refractivity contribution is 0.356. The number of hydrogen-bond donors (Lipinski definition) is 1. The Labute approximate surface area is 175 Å². The van der Waals surface area contributed by atoms with Crippen molar-refractivity contribution in [3.63, 3.8) is 0 Å². The van der Waals surface area contributed by atoms with Crippen LogP contribution in [0.2, 0.25) is 0 Å². The normalized spacial score (nSPS) is 10.8. The average molecular weight is 401 g/mol. The van der Waals surface area contributed by atoms with E-state index in [1.807, 2.05) is 36.8 Å². The lowest BCUT2D eigenvalue weighted by Crippen LogP contribution is -2.01. The maximum Gasteiger partial charge on any atom is 0.223 e. The van der Waals surface area contributed by atoms with Crippen molar-refractivity contribution in [2.75, 3.05) is 26.6 Å². The fraction of sp³-hybridized carbons (Fsp3) is 0.217. The van der Waals surface area contributed by atoms with Gasteiger partial charge in [0.1, 0.15) is 0 Å². The summed E-state index contributed by atoms with van der Waals surface area (Å²) in [6.45, 7) is 0. The molecular weight excluding hydrogens is 378 g/mol. The van der Waals surface area contributed by atoms with Crippen LogP contribution in [-0.4, -0.2) is 41.2 Å². The summed E-state index contributed by atoms with van der Waals surface area (Å²) in [7, 11) is 5.03. The van der Waals surface area contributed by atoms with E-state index in [2.05, 4.69) is 32.4 Å². The highest BCUT2D eigenvalue weighted by Gasteiger charge is 2.15. The number of benzene rings is 1. The third kappa shape index (κ3) is 4.00. The van der Waals surface area contributed by atoms with Crippen LogP contribution >= 0.6 is 0 Å². The molecule has 1 aromatic carbocycles. The number of pyridine rings is 2. The molecule has 30 heavy (non-hydrogen) atoms. The Hall–Kier alpha value is -3.74. The molecule has 7 heteroatoms. The lowest BCUT2D eigenvalue weighted by atomic mass is 10.0. The molecule has 0 aliphatic carbocycles. The number of nitrogens with zero attached hydrogens (tertiary/aromatic N) is 4. The van der Waals surface area contributed by atoms with Gasteiger partial charge in [0.05, 0.1) is 25.4 Å². The van der Waals surface area contributed by atoms with E-state index in [0.717, 1.165) is 40.6 Å². The summed E-state index contributed by atoms with van der Waals surface area (Å²) in [5.41, 5.74) is 4.82. The fourth-order valence-electron chi connectivity index (χ4n) is 3.38. The maximum absolute atomic E-state index is 5.49. The minimum atomic E-state index is 0.533. The molecule has 3 heterocycles. The number of ether oxygens (including phenoxy) is 2. The second-order valence-electron chi connectivity index (χ2n) is 6.81. The van der Waals surface area contributed by atoms with Gasteiger partial charge < -0.3 is 14.8 Å². The van der Waals surface area contributed by atoms with Crippen molar-refractivity contribution in [2.45, 2.75) is 12.8 Å². The van der Waals surface area contributed by atoms with E-state index in [1.54, 1.807) is 27.5 Å². The number of anilines is 1. The molecule has 4 aromatic rings. The summed E-state index contributed by atoms with van der Waals surface area (Å²) in [5.74, 6) is 1.79. The predicted octanol–water partition coefficient (Wildman–Crippen LogP) is 3.93. The molecule has 0 aliphatic heterocycles. The van der Waals surface area contributed by atoms with Crippen LogP contribution in [-0.2, 0) is 12.8 Å². The molecule has 7 nitrogen and oxygen atoms in total. The van der Waals surface area contributed by atoms with Gasteiger partial charge in [-0.1, -0.05) is 6.07 Å². The van der Waals surface area contributed by atoms with Gasteiger partial charge in [-0.3, -0.25) is 9.97 Å². The van der Waals surface area contributed by atoms with Gasteiger partial charge >= 0.3 is 0 Å². The largest absolute Gasteiger partial charge is 0.493 e. The van der Waals surface area contributed by atoms with Crippen molar-refractivity contribution in [3.05, 3.63) is 66.2 Å². The molecule has 0 bridgehead atoms. The summed E-state index contributed by atoms with van der Waals surface area (Å²) >= 11 is 0. The standard InChI is InChI=1S/C23H23N5O2/c1-24-23-27-19-11-21(30-3)20(29-2)10-18(19)22(28-23)17-9-16(13-26-14-17)7-6-15-5-4-8-25-12-15/h4-5,8-14H,6-7H2,1-3H3,(H,24,27,28). The number of hydrogen-bond acceptors (Lipinski definition) is 7. The third-order valence-corrected chi connectivity index (χ3v) is 4.92. The Morgan fingerprint density at radius 2 is 1.63 bits per heavy atom. The summed E-state index contributed by atoms with van der Waals surface area (Å²) in [6, 6.07) is 9.94. The molecule has 3 aromatic heterocycles. The first kappa shape index (κ1) is 19.6. The van der Waals surface area contributed by atoms with E-state index in [-0.39, 0.29) is 0 Å². The van der Waals surface area contributed by atoms with Gasteiger partial charge in [0, 0.05) is 48.9 Å². The smallest absolute Gasteiger partial charge is 0.223 e. The van der Waals surface area contributed by atoms with E-state index in [0.29, 0.717) is 17.4 Å². The number of methoxy groups -OCH3 is 2. The summed E-state index contributed by atoms with van der Waals surface area (Å²) < 4.78 is 10.9. The van der Waals surface area contributed by atoms with Crippen LogP contribution in [0, 0.1) is 0 Å². The fourth-order valence-corrected chi connectivity index (χ4v) is 3.38. The van der Waals surface area contributed by atoms with Crippen LogP contribution < -0.4 is 14.8 Å². The van der Waals surface area contributed by atoms with E-state index in [9.17, 15) is 0 Å². The van der Waals surface area contributed by atoms with E-state index < -0.39 is 0 Å². The van der Waals surface area contributed by atoms with Crippen molar-refractivity contribution in [1.29, 1.82) is 0 Å². The molecule has 152 valence electrons. The van der Waals surface area contributed by atoms with Crippen molar-refractivity contribution < 1.29 is 9.47 Å². The predicted molar refractivity (Wildman–Crippen MR) is 117 cm³/mol. The van der Waals surface area contributed by atoms with Crippen molar-refractivity contribution in [1.82, 2.24) is 19.9 Å². The van der Waals surface area contributed by atoms with Gasteiger partial charge in [-0.05, 0) is 42.2 Å². The number of nitrogens with one attached hydrogen (secondary N) is 1. The Kier molecular flexibility index (Phi) is 5.70. The molecule has 1 N–H and O–H groups in total. The number of aromatic nitrogens is 4. The Morgan fingerprint density at radius 3 is 2.37 bits per heavy atom. The number of fused-ring (bicyclic) bond motifs is 1. The second kappa shape index (κ2) is 8.73. The zero-order valence-corrected chi connectivity index (χ0v) is 17.2. The van der Waals surface area contributed by atoms with Crippen LogP contribution in [0.25, 0.3) is 22.2 Å². The van der Waals surface area contributed by atoms with Gasteiger partial charge in [0.25, 0.3) is 0 Å². The van der Waals surface area contributed by atoms with Crippen molar-refractivity contribution in [2.24, 2.45) is 0 Å². The summed E-state index contributed by atoms with van der Waals surface area (Å²) in [6.07, 6.45) is 9.17. The molecule has 0 unspecified atom stereocenters. The molecule has 0 spiro atoms. The van der Waals surface area contributed by atoms with E-state index in [1.165, 1.54) is 5.56 Å². The number of aryl methyl sites for hydroxylation is 2. The Morgan fingerprint density at radius 1 is 0.867 bits per heavy atom. The van der Waals surface area contributed by atoms with Crippen LogP contribution in [0.5, 0.6) is 11.5 Å². The molecule has 4 rings (SSSR count). The molecular formula is C23H23N5O2. The van der Waals surface area contributed by atoms with Gasteiger partial charge in [-0.25, -0.2) is 9.97 Å². The zero-order chi connectivity index (χ0) is 20.9. The van der Waals surface area contributed by atoms with Gasteiger partial charge in [-0.15, -0.1) is 0 Å². The summed E-state index contributed by atoms with van der Waals surface area (Å²) in [4.78, 5) is 17.9. The molecule has 0 aliphatic rings. The SMILES string of the molecule is CNc1nc(-c2cncc(CCc3cccnc3)c2)c2cc(OC)c(OC)cc2n1. The van der Waals surface area contributed by atoms with Gasteiger partial charge in [0.2, 0.25) is 5.95 Å². The first-order valence-electron chi connectivity index (χ1n) is 9.66. The van der Waals surface area contributed by atoms with Crippen LogP contribution in [0.15, 0.2) is 55.1 Å². The van der Waals surface area contributed by atoms with Crippen LogP contribution in [0.4, 0.5) is 5.95 Å². The second-order valence-corrected chi connectivity index (χ2v) is 6.81. The minimum Gasteiger partial charge on any atom is -0.493 e. The maximum atomic E-state index is 5.49. The van der Waals surface area contributed by atoms with Gasteiger partial charge in [0.15, 0.2) is 11.5 Å². The van der Waals surface area contributed by atoms with Gasteiger partial charge in [-0.2, -0.15) is 0 Å². The monoisotopic (exact) mass is 401 g/mol. The summed E-state index contributed by atoms with van der Waals surface area (Å²) in [5, 5.41) is 3.91. The first-order chi connectivity index (χ1) is 14.7. The molecule has 0 radical (unpaired) electrons. The highest BCUT2D eigenvalue weighted by Crippen LogP contribution is 2.36. The van der Waals surface area contributed by atoms with E-state index in [4.69, 9.17) is 14.5 Å². The quantitative estimate of drug-likeness (QED) is 0.502. The van der Waals surface area contributed by atoms with Crippen molar-refractivity contribution in [3.8, 4) is 22.8 Å². The molecule has 0 amide bonds. The topological polar surface area (TPSA) is 82.1 Å². The molecule has 0 saturated carbocycles. The highest BCUT2D eigenvalue weighted by molar-refractivity contribution is 5.95. The average Bonchev–Trinajstić information content (AvgIpc) is 2.81. The van der Waals surface area contributed by atoms with E-state index >= 15 is 0 Å². The number of rotatable bonds is 7. The molecule has 0 fully saturated rings. The lowest BCUT2D eigenvalue weighted by Gasteiger charge is -2.13.